The van der Waals surface area contributed by atoms with E-state index >= 15 is 0 Å². The molecule has 1 atom stereocenters. The highest BCUT2D eigenvalue weighted by Gasteiger charge is 2.23. The smallest absolute Gasteiger partial charge is 0.319 e. The van der Waals surface area contributed by atoms with E-state index in [9.17, 15) is 9.59 Å². The molecule has 0 aliphatic carbocycles. The third kappa shape index (κ3) is 3.24. The number of benzene rings is 2. The van der Waals surface area contributed by atoms with Gasteiger partial charge in [0.1, 0.15) is 11.8 Å². The molecule has 2 aromatic rings. The highest BCUT2D eigenvalue weighted by molar-refractivity contribution is 5.97. The van der Waals surface area contributed by atoms with Crippen LogP contribution in [0.3, 0.4) is 0 Å². The standard InChI is InChI=1S/C17H16N4O3/c1-24-15-9-5-4-8-13(15)19-17(23)18-10-14-11-6-2-3-7-12(11)16(22)21-20-14/h2-9,14H,10H2,1H3,(H2,18,19,23). The van der Waals surface area contributed by atoms with E-state index in [1.807, 2.05) is 18.2 Å². The molecule has 1 aliphatic heterocycles. The number of anilines is 1. The fourth-order valence-corrected chi connectivity index (χ4v) is 2.48. The Morgan fingerprint density at radius 1 is 1.17 bits per heavy atom. The molecule has 0 radical (unpaired) electrons. The van der Waals surface area contributed by atoms with Gasteiger partial charge in [0.15, 0.2) is 0 Å². The van der Waals surface area contributed by atoms with Gasteiger partial charge in [0.25, 0.3) is 5.91 Å². The first-order valence-electron chi connectivity index (χ1n) is 7.41. The summed E-state index contributed by atoms with van der Waals surface area (Å²) >= 11 is 0. The molecule has 3 rings (SSSR count). The fraction of sp³-hybridized carbons (Fsp3) is 0.176. The number of hydrogen-bond acceptors (Lipinski definition) is 4. The Labute approximate surface area is 138 Å². The van der Waals surface area contributed by atoms with Crippen LogP contribution in [0, 0.1) is 0 Å². The summed E-state index contributed by atoms with van der Waals surface area (Å²) in [5, 5.41) is 13.1. The van der Waals surface area contributed by atoms with Crippen molar-refractivity contribution in [3.8, 4) is 5.75 Å². The van der Waals surface area contributed by atoms with Crippen LogP contribution in [0.2, 0.25) is 0 Å². The molecule has 0 saturated carbocycles. The first kappa shape index (κ1) is 15.7. The number of hydrogen-bond donors (Lipinski definition) is 2. The van der Waals surface area contributed by atoms with Crippen LogP contribution in [0.4, 0.5) is 10.5 Å². The van der Waals surface area contributed by atoms with E-state index in [0.717, 1.165) is 5.56 Å². The van der Waals surface area contributed by atoms with Crippen LogP contribution < -0.4 is 15.4 Å². The maximum Gasteiger partial charge on any atom is 0.319 e. The summed E-state index contributed by atoms with van der Waals surface area (Å²) in [5.41, 5.74) is 1.85. The monoisotopic (exact) mass is 324 g/mol. The third-order valence-corrected chi connectivity index (χ3v) is 3.65. The Morgan fingerprint density at radius 3 is 2.75 bits per heavy atom. The van der Waals surface area contributed by atoms with Gasteiger partial charge in [-0.1, -0.05) is 30.3 Å². The maximum atomic E-state index is 12.1. The van der Waals surface area contributed by atoms with Gasteiger partial charge in [-0.25, -0.2) is 4.79 Å². The molecule has 2 N–H and O–H groups in total. The lowest BCUT2D eigenvalue weighted by molar-refractivity contribution is 0.0985. The summed E-state index contributed by atoms with van der Waals surface area (Å²) in [7, 11) is 1.54. The Morgan fingerprint density at radius 2 is 1.92 bits per heavy atom. The second kappa shape index (κ2) is 6.91. The Hall–Kier alpha value is -3.22. The number of carbonyl (C=O) groups is 2. The minimum atomic E-state index is -0.387. The van der Waals surface area contributed by atoms with E-state index in [0.29, 0.717) is 17.0 Å². The van der Waals surface area contributed by atoms with Crippen LogP contribution in [0.25, 0.3) is 0 Å². The van der Waals surface area contributed by atoms with E-state index in [4.69, 9.17) is 4.74 Å². The number of fused-ring (bicyclic) bond motifs is 1. The number of carbonyl (C=O) groups excluding carboxylic acids is 2. The third-order valence-electron chi connectivity index (χ3n) is 3.65. The quantitative estimate of drug-likeness (QED) is 0.904. The fourth-order valence-electron chi connectivity index (χ4n) is 2.48. The molecule has 122 valence electrons. The molecule has 2 aromatic carbocycles. The van der Waals surface area contributed by atoms with Gasteiger partial charge in [-0.2, -0.15) is 5.11 Å². The van der Waals surface area contributed by atoms with Crippen LogP contribution in [-0.4, -0.2) is 25.6 Å². The van der Waals surface area contributed by atoms with Gasteiger partial charge in [0.05, 0.1) is 12.8 Å². The summed E-state index contributed by atoms with van der Waals surface area (Å²) in [6, 6.07) is 13.5. The van der Waals surface area contributed by atoms with Crippen LogP contribution in [0.1, 0.15) is 22.0 Å². The largest absolute Gasteiger partial charge is 0.495 e. The molecule has 1 aliphatic rings. The lowest BCUT2D eigenvalue weighted by atomic mass is 9.99. The number of rotatable bonds is 4. The van der Waals surface area contributed by atoms with E-state index in [1.54, 1.807) is 30.3 Å². The first-order valence-corrected chi connectivity index (χ1v) is 7.41. The lowest BCUT2D eigenvalue weighted by Gasteiger charge is -2.18. The molecule has 7 nitrogen and oxygen atoms in total. The number of urea groups is 1. The molecule has 1 unspecified atom stereocenters. The highest BCUT2D eigenvalue weighted by Crippen LogP contribution is 2.27. The number of nitrogens with zero attached hydrogens (tertiary/aromatic N) is 2. The molecule has 3 amide bonds. The summed E-state index contributed by atoms with van der Waals surface area (Å²) in [4.78, 5) is 23.8. The maximum absolute atomic E-state index is 12.1. The number of para-hydroxylation sites is 2. The Kier molecular flexibility index (Phi) is 4.51. The van der Waals surface area contributed by atoms with Crippen LogP contribution >= 0.6 is 0 Å². The van der Waals surface area contributed by atoms with Crippen molar-refractivity contribution in [2.24, 2.45) is 10.2 Å². The van der Waals surface area contributed by atoms with Crippen molar-refractivity contribution in [3.63, 3.8) is 0 Å². The predicted molar refractivity (Wildman–Crippen MR) is 88.4 cm³/mol. The van der Waals surface area contributed by atoms with Crippen LogP contribution in [-0.2, 0) is 0 Å². The minimum Gasteiger partial charge on any atom is -0.495 e. The van der Waals surface area contributed by atoms with Crippen molar-refractivity contribution in [2.45, 2.75) is 6.04 Å². The van der Waals surface area contributed by atoms with Crippen molar-refractivity contribution >= 4 is 17.6 Å². The molecule has 0 aromatic heterocycles. The van der Waals surface area contributed by atoms with Crippen molar-refractivity contribution in [2.75, 3.05) is 19.0 Å². The van der Waals surface area contributed by atoms with Crippen molar-refractivity contribution in [3.05, 3.63) is 59.7 Å². The van der Waals surface area contributed by atoms with E-state index in [1.165, 1.54) is 7.11 Å². The molecule has 1 heterocycles. The number of methoxy groups -OCH3 is 1. The minimum absolute atomic E-state index is 0.231. The van der Waals surface area contributed by atoms with Gasteiger partial charge in [-0.05, 0) is 23.8 Å². The van der Waals surface area contributed by atoms with Crippen LogP contribution in [0.5, 0.6) is 5.75 Å². The molecule has 0 spiro atoms. The first-order chi connectivity index (χ1) is 11.7. The molecule has 24 heavy (non-hydrogen) atoms. The zero-order chi connectivity index (χ0) is 16.9. The van der Waals surface area contributed by atoms with E-state index in [2.05, 4.69) is 20.9 Å². The predicted octanol–water partition coefficient (Wildman–Crippen LogP) is 3.16. The summed E-state index contributed by atoms with van der Waals surface area (Å²) in [6.07, 6.45) is 0. The SMILES string of the molecule is COc1ccccc1NC(=O)NCC1N=NC(=O)c2ccccc21. The number of nitrogens with one attached hydrogen (secondary N) is 2. The van der Waals surface area contributed by atoms with Gasteiger partial charge in [-0.15, -0.1) is 5.11 Å². The summed E-state index contributed by atoms with van der Waals surface area (Å²) in [6.45, 7) is 0.231. The van der Waals surface area contributed by atoms with Crippen LogP contribution in [0.15, 0.2) is 58.8 Å². The van der Waals surface area contributed by atoms with E-state index in [-0.39, 0.29) is 24.5 Å². The molecule has 7 heteroatoms. The van der Waals surface area contributed by atoms with Gasteiger partial charge in [0.2, 0.25) is 0 Å². The Balaban J connectivity index is 1.65. The van der Waals surface area contributed by atoms with Crippen molar-refractivity contribution < 1.29 is 14.3 Å². The second-order valence-electron chi connectivity index (χ2n) is 5.16. The average molecular weight is 324 g/mol. The summed E-state index contributed by atoms with van der Waals surface area (Å²) < 4.78 is 5.19. The normalized spacial score (nSPS) is 15.5. The molecule has 0 fully saturated rings. The van der Waals surface area contributed by atoms with Crippen molar-refractivity contribution in [1.82, 2.24) is 5.32 Å². The van der Waals surface area contributed by atoms with Gasteiger partial charge in [-0.3, -0.25) is 4.79 Å². The van der Waals surface area contributed by atoms with Gasteiger partial charge < -0.3 is 15.4 Å². The lowest BCUT2D eigenvalue weighted by Crippen LogP contribution is -2.33. The van der Waals surface area contributed by atoms with Gasteiger partial charge in [0, 0.05) is 12.1 Å². The molecular weight excluding hydrogens is 308 g/mol. The molecule has 0 bridgehead atoms. The summed E-state index contributed by atoms with van der Waals surface area (Å²) in [5.74, 6) is 0.210. The Bertz CT molecular complexity index is 804. The number of amides is 3. The average Bonchev–Trinajstić information content (AvgIpc) is 2.62. The second-order valence-corrected chi connectivity index (χ2v) is 5.16. The van der Waals surface area contributed by atoms with E-state index < -0.39 is 0 Å². The topological polar surface area (TPSA) is 92.2 Å². The number of ether oxygens (including phenoxy) is 1. The zero-order valence-corrected chi connectivity index (χ0v) is 13.0. The molecular formula is C17H16N4O3. The highest BCUT2D eigenvalue weighted by atomic mass is 16.5. The zero-order valence-electron chi connectivity index (χ0n) is 13.0. The van der Waals surface area contributed by atoms with Gasteiger partial charge >= 0.3 is 6.03 Å². The van der Waals surface area contributed by atoms with Crippen molar-refractivity contribution in [1.29, 1.82) is 0 Å². The number of azo groups is 1. The molecule has 0 saturated heterocycles.